The standard InChI is InChI=1S/C19H16N2O2/c1-22-15-10-8-14(9-11-15)13-21-17-6-3-2-5-16(17)20-19(21)18-7-4-12-23-18/h2-12H,13H2,1H3. The largest absolute Gasteiger partial charge is 0.497 e. The first kappa shape index (κ1) is 13.6. The second-order valence-corrected chi connectivity index (χ2v) is 5.34. The monoisotopic (exact) mass is 304 g/mol. The summed E-state index contributed by atoms with van der Waals surface area (Å²) in [6.07, 6.45) is 1.67. The zero-order valence-corrected chi connectivity index (χ0v) is 12.8. The Bertz CT molecular complexity index is 922. The molecule has 0 aliphatic heterocycles. The van der Waals surface area contributed by atoms with Crippen LogP contribution in [0.2, 0.25) is 0 Å². The van der Waals surface area contributed by atoms with Crippen molar-refractivity contribution in [1.29, 1.82) is 0 Å². The summed E-state index contributed by atoms with van der Waals surface area (Å²) in [4.78, 5) is 4.73. The molecule has 0 saturated carbocycles. The summed E-state index contributed by atoms with van der Waals surface area (Å²) in [5.41, 5.74) is 3.24. The second kappa shape index (κ2) is 5.65. The van der Waals surface area contributed by atoms with Crippen LogP contribution >= 0.6 is 0 Å². The van der Waals surface area contributed by atoms with Crippen molar-refractivity contribution in [3.05, 3.63) is 72.5 Å². The fourth-order valence-corrected chi connectivity index (χ4v) is 2.74. The van der Waals surface area contributed by atoms with Crippen LogP contribution in [0.4, 0.5) is 0 Å². The fourth-order valence-electron chi connectivity index (χ4n) is 2.74. The van der Waals surface area contributed by atoms with Crippen molar-refractivity contribution in [2.45, 2.75) is 6.54 Å². The van der Waals surface area contributed by atoms with E-state index in [0.29, 0.717) is 0 Å². The zero-order valence-electron chi connectivity index (χ0n) is 12.8. The maximum Gasteiger partial charge on any atom is 0.177 e. The highest BCUT2D eigenvalue weighted by Crippen LogP contribution is 2.26. The minimum atomic E-state index is 0.723. The summed E-state index contributed by atoms with van der Waals surface area (Å²) in [7, 11) is 1.67. The predicted octanol–water partition coefficient (Wildman–Crippen LogP) is 4.35. The smallest absolute Gasteiger partial charge is 0.177 e. The Kier molecular flexibility index (Phi) is 3.35. The molecule has 0 bridgehead atoms. The molecule has 0 N–H and O–H groups in total. The van der Waals surface area contributed by atoms with E-state index in [0.717, 1.165) is 34.9 Å². The molecule has 0 saturated heterocycles. The van der Waals surface area contributed by atoms with Crippen LogP contribution in [-0.2, 0) is 6.54 Å². The molecule has 0 unspecified atom stereocenters. The Balaban J connectivity index is 1.82. The quantitative estimate of drug-likeness (QED) is 0.562. The van der Waals surface area contributed by atoms with Crippen LogP contribution in [0, 0.1) is 0 Å². The van der Waals surface area contributed by atoms with Crippen molar-refractivity contribution >= 4 is 11.0 Å². The van der Waals surface area contributed by atoms with Crippen molar-refractivity contribution in [2.75, 3.05) is 7.11 Å². The number of methoxy groups -OCH3 is 1. The van der Waals surface area contributed by atoms with E-state index < -0.39 is 0 Å². The molecule has 23 heavy (non-hydrogen) atoms. The number of hydrogen-bond acceptors (Lipinski definition) is 3. The van der Waals surface area contributed by atoms with Gasteiger partial charge in [0.1, 0.15) is 5.75 Å². The number of ether oxygens (including phenoxy) is 1. The lowest BCUT2D eigenvalue weighted by molar-refractivity contribution is 0.414. The summed E-state index contributed by atoms with van der Waals surface area (Å²) >= 11 is 0. The van der Waals surface area contributed by atoms with Crippen molar-refractivity contribution in [3.8, 4) is 17.3 Å². The van der Waals surface area contributed by atoms with Crippen molar-refractivity contribution in [3.63, 3.8) is 0 Å². The highest BCUT2D eigenvalue weighted by atomic mass is 16.5. The van der Waals surface area contributed by atoms with Crippen LogP contribution in [-0.4, -0.2) is 16.7 Å². The molecule has 4 rings (SSSR count). The molecule has 0 radical (unpaired) electrons. The number of para-hydroxylation sites is 2. The van der Waals surface area contributed by atoms with Gasteiger partial charge in [0.25, 0.3) is 0 Å². The Hall–Kier alpha value is -3.01. The molecule has 2 aromatic carbocycles. The number of fused-ring (bicyclic) bond motifs is 1. The average molecular weight is 304 g/mol. The van der Waals surface area contributed by atoms with Gasteiger partial charge in [0, 0.05) is 6.54 Å². The Labute approximate surface area is 134 Å². The molecule has 0 amide bonds. The normalized spacial score (nSPS) is 11.0. The molecule has 0 aliphatic rings. The Morgan fingerprint density at radius 3 is 2.57 bits per heavy atom. The maximum absolute atomic E-state index is 5.56. The third kappa shape index (κ3) is 2.48. The molecule has 0 fully saturated rings. The predicted molar refractivity (Wildman–Crippen MR) is 89.5 cm³/mol. The fraction of sp³-hybridized carbons (Fsp3) is 0.105. The number of furan rings is 1. The lowest BCUT2D eigenvalue weighted by Gasteiger charge is -2.09. The molecule has 2 heterocycles. The van der Waals surface area contributed by atoms with Gasteiger partial charge in [0.05, 0.1) is 24.4 Å². The number of aromatic nitrogens is 2. The highest BCUT2D eigenvalue weighted by molar-refractivity contribution is 5.79. The van der Waals surface area contributed by atoms with Gasteiger partial charge < -0.3 is 13.7 Å². The van der Waals surface area contributed by atoms with Crippen LogP contribution in [0.25, 0.3) is 22.6 Å². The van der Waals surface area contributed by atoms with E-state index in [1.165, 1.54) is 5.56 Å². The van der Waals surface area contributed by atoms with Gasteiger partial charge in [-0.1, -0.05) is 24.3 Å². The van der Waals surface area contributed by atoms with Crippen molar-refractivity contribution < 1.29 is 9.15 Å². The average Bonchev–Trinajstić information content (AvgIpc) is 3.24. The van der Waals surface area contributed by atoms with Crippen molar-refractivity contribution in [2.24, 2.45) is 0 Å². The van der Waals surface area contributed by atoms with E-state index in [9.17, 15) is 0 Å². The lowest BCUT2D eigenvalue weighted by Crippen LogP contribution is -2.01. The van der Waals surface area contributed by atoms with Crippen molar-refractivity contribution in [1.82, 2.24) is 9.55 Å². The third-order valence-electron chi connectivity index (χ3n) is 3.90. The first-order chi connectivity index (χ1) is 11.3. The molecule has 4 heteroatoms. The number of benzene rings is 2. The number of rotatable bonds is 4. The molecular formula is C19H16N2O2. The molecule has 0 aliphatic carbocycles. The third-order valence-corrected chi connectivity index (χ3v) is 3.90. The summed E-state index contributed by atoms with van der Waals surface area (Å²) < 4.78 is 13.0. The number of hydrogen-bond donors (Lipinski definition) is 0. The van der Waals surface area contributed by atoms with E-state index in [4.69, 9.17) is 14.1 Å². The number of imidazole rings is 1. The number of nitrogens with zero attached hydrogens (tertiary/aromatic N) is 2. The topological polar surface area (TPSA) is 40.2 Å². The van der Waals surface area contributed by atoms with Gasteiger partial charge >= 0.3 is 0 Å². The summed E-state index contributed by atoms with van der Waals surface area (Å²) in [5.74, 6) is 2.47. The zero-order chi connectivity index (χ0) is 15.6. The summed E-state index contributed by atoms with van der Waals surface area (Å²) in [6.45, 7) is 0.723. The molecule has 0 spiro atoms. The highest BCUT2D eigenvalue weighted by Gasteiger charge is 2.14. The van der Waals surface area contributed by atoms with Gasteiger partial charge in [-0.3, -0.25) is 0 Å². The maximum atomic E-state index is 5.56. The molecule has 4 nitrogen and oxygen atoms in total. The van der Waals surface area contributed by atoms with Crippen LogP contribution in [0.5, 0.6) is 5.75 Å². The summed E-state index contributed by atoms with van der Waals surface area (Å²) in [6, 6.07) is 20.0. The SMILES string of the molecule is COc1ccc(Cn2c(-c3ccco3)nc3ccccc32)cc1. The lowest BCUT2D eigenvalue weighted by atomic mass is 10.2. The molecule has 4 aromatic rings. The first-order valence-electron chi connectivity index (χ1n) is 7.47. The van der Waals surface area contributed by atoms with Crippen LogP contribution < -0.4 is 4.74 Å². The van der Waals surface area contributed by atoms with Crippen LogP contribution in [0.3, 0.4) is 0 Å². The van der Waals surface area contributed by atoms with Gasteiger partial charge in [-0.2, -0.15) is 0 Å². The van der Waals surface area contributed by atoms with Gasteiger partial charge in [-0.05, 0) is 42.0 Å². The van der Waals surface area contributed by atoms with E-state index >= 15 is 0 Å². The summed E-state index contributed by atoms with van der Waals surface area (Å²) in [5, 5.41) is 0. The molecule has 114 valence electrons. The van der Waals surface area contributed by atoms with E-state index in [1.54, 1.807) is 13.4 Å². The first-order valence-corrected chi connectivity index (χ1v) is 7.47. The minimum Gasteiger partial charge on any atom is -0.497 e. The van der Waals surface area contributed by atoms with Gasteiger partial charge in [0.2, 0.25) is 0 Å². The van der Waals surface area contributed by atoms with E-state index in [-0.39, 0.29) is 0 Å². The van der Waals surface area contributed by atoms with Crippen LogP contribution in [0.15, 0.2) is 71.3 Å². The molecular weight excluding hydrogens is 288 g/mol. The molecule has 2 aromatic heterocycles. The Morgan fingerprint density at radius 2 is 1.83 bits per heavy atom. The van der Waals surface area contributed by atoms with Gasteiger partial charge in [-0.15, -0.1) is 0 Å². The van der Waals surface area contributed by atoms with Crippen LogP contribution in [0.1, 0.15) is 5.56 Å². The van der Waals surface area contributed by atoms with E-state index in [2.05, 4.69) is 22.8 Å². The van der Waals surface area contributed by atoms with Gasteiger partial charge in [-0.25, -0.2) is 4.98 Å². The minimum absolute atomic E-state index is 0.723. The van der Waals surface area contributed by atoms with Gasteiger partial charge in [0.15, 0.2) is 11.6 Å². The Morgan fingerprint density at radius 1 is 1.00 bits per heavy atom. The molecule has 0 atom stereocenters. The second-order valence-electron chi connectivity index (χ2n) is 5.34. The van der Waals surface area contributed by atoms with E-state index in [1.807, 2.05) is 42.5 Å².